The molecular weight excluding hydrogens is 364 g/mol. The van der Waals surface area contributed by atoms with Gasteiger partial charge in [-0.1, -0.05) is 11.6 Å². The smallest absolute Gasteiger partial charge is 0.410 e. The molecule has 0 N–H and O–H groups in total. The third-order valence-electron chi connectivity index (χ3n) is 4.80. The van der Waals surface area contributed by atoms with E-state index >= 15 is 0 Å². The molecule has 0 aromatic heterocycles. The van der Waals surface area contributed by atoms with E-state index in [1.54, 1.807) is 4.90 Å². The molecule has 2 fully saturated rings. The summed E-state index contributed by atoms with van der Waals surface area (Å²) in [5.74, 6) is -0.703. The number of piperidine rings is 1. The molecule has 26 heavy (non-hydrogen) atoms. The van der Waals surface area contributed by atoms with Crippen LogP contribution in [0.25, 0.3) is 0 Å². The van der Waals surface area contributed by atoms with Crippen molar-refractivity contribution in [3.05, 3.63) is 28.5 Å². The van der Waals surface area contributed by atoms with Gasteiger partial charge in [0.15, 0.2) is 11.6 Å². The highest BCUT2D eigenvalue weighted by atomic mass is 35.5. The lowest BCUT2D eigenvalue weighted by atomic mass is 10.00. The van der Waals surface area contributed by atoms with Crippen molar-refractivity contribution in [2.45, 2.75) is 76.9 Å². The Hall–Kier alpha value is -1.56. The number of nitrogens with zero attached hydrogens (tertiary/aromatic N) is 1. The number of fused-ring (bicyclic) bond motifs is 2. The second kappa shape index (κ2) is 7.22. The number of benzene rings is 1. The van der Waals surface area contributed by atoms with Gasteiger partial charge in [0.1, 0.15) is 18.4 Å². The third kappa shape index (κ3) is 4.05. The summed E-state index contributed by atoms with van der Waals surface area (Å²) < 4.78 is 38.4. The zero-order chi connectivity index (χ0) is 19.1. The molecule has 2 aliphatic heterocycles. The molecule has 0 saturated carbocycles. The van der Waals surface area contributed by atoms with Gasteiger partial charge in [-0.25, -0.2) is 13.6 Å². The Bertz CT molecular complexity index is 678. The molecule has 3 rings (SSSR count). The molecule has 1 unspecified atom stereocenters. The Morgan fingerprint density at radius 1 is 1.27 bits per heavy atom. The van der Waals surface area contributed by atoms with E-state index in [4.69, 9.17) is 21.1 Å². The SMILES string of the molecule is CC(C)(C)OC(=O)N1[C@@H]2CC[C@H]1CC(Oc1cc(CF)cc(Cl)c1F)C2. The lowest BCUT2D eigenvalue weighted by Crippen LogP contribution is -2.50. The summed E-state index contributed by atoms with van der Waals surface area (Å²) in [5, 5.41) is -0.149. The van der Waals surface area contributed by atoms with E-state index in [2.05, 4.69) is 0 Å². The largest absolute Gasteiger partial charge is 0.487 e. The van der Waals surface area contributed by atoms with Gasteiger partial charge in [0, 0.05) is 24.9 Å². The molecule has 1 aromatic rings. The second-order valence-electron chi connectivity index (χ2n) is 8.01. The van der Waals surface area contributed by atoms with Crippen LogP contribution >= 0.6 is 11.6 Å². The summed E-state index contributed by atoms with van der Waals surface area (Å²) in [5.41, 5.74) is -0.267. The third-order valence-corrected chi connectivity index (χ3v) is 5.07. The minimum Gasteiger partial charge on any atom is -0.487 e. The summed E-state index contributed by atoms with van der Waals surface area (Å²) in [7, 11) is 0. The Kier molecular flexibility index (Phi) is 5.33. The first-order chi connectivity index (χ1) is 12.2. The molecule has 2 saturated heterocycles. The van der Waals surface area contributed by atoms with Crippen LogP contribution < -0.4 is 4.74 Å². The molecule has 2 heterocycles. The van der Waals surface area contributed by atoms with Gasteiger partial charge in [0.2, 0.25) is 0 Å². The van der Waals surface area contributed by atoms with Crippen LogP contribution in [0.3, 0.4) is 0 Å². The first-order valence-corrected chi connectivity index (χ1v) is 9.27. The van der Waals surface area contributed by atoms with Crippen LogP contribution in [0.2, 0.25) is 5.02 Å². The van der Waals surface area contributed by atoms with E-state index in [0.717, 1.165) is 12.8 Å². The lowest BCUT2D eigenvalue weighted by molar-refractivity contribution is -0.00754. The highest BCUT2D eigenvalue weighted by molar-refractivity contribution is 6.31. The van der Waals surface area contributed by atoms with Gasteiger partial charge in [0.25, 0.3) is 0 Å². The standard InChI is InChI=1S/C19H24ClF2NO3/c1-19(2,3)26-18(24)23-12-4-5-13(23)9-14(8-12)25-16-7-11(10-21)6-15(20)17(16)22/h6-7,12-14H,4-5,8-10H2,1-3H3/t12-,13+,14?. The van der Waals surface area contributed by atoms with Crippen LogP contribution in [0.5, 0.6) is 5.75 Å². The highest BCUT2D eigenvalue weighted by Crippen LogP contribution is 2.39. The molecule has 1 amide bonds. The van der Waals surface area contributed by atoms with Crippen LogP contribution in [0, 0.1) is 5.82 Å². The molecule has 2 bridgehead atoms. The summed E-state index contributed by atoms with van der Waals surface area (Å²) >= 11 is 5.82. The monoisotopic (exact) mass is 387 g/mol. The van der Waals surface area contributed by atoms with Gasteiger partial charge in [-0.3, -0.25) is 0 Å². The molecule has 2 aliphatic rings. The number of alkyl halides is 1. The summed E-state index contributed by atoms with van der Waals surface area (Å²) in [6.45, 7) is 4.78. The van der Waals surface area contributed by atoms with Crippen molar-refractivity contribution in [3.8, 4) is 5.75 Å². The van der Waals surface area contributed by atoms with E-state index in [0.29, 0.717) is 12.8 Å². The van der Waals surface area contributed by atoms with Crippen molar-refractivity contribution in [1.82, 2.24) is 4.90 Å². The number of amides is 1. The fraction of sp³-hybridized carbons (Fsp3) is 0.632. The maximum Gasteiger partial charge on any atom is 0.410 e. The maximum atomic E-state index is 14.2. The summed E-state index contributed by atoms with van der Waals surface area (Å²) in [6, 6.07) is 2.63. The first-order valence-electron chi connectivity index (χ1n) is 8.90. The fourth-order valence-electron chi connectivity index (χ4n) is 3.80. The van der Waals surface area contributed by atoms with E-state index < -0.39 is 18.1 Å². The van der Waals surface area contributed by atoms with Crippen molar-refractivity contribution in [2.24, 2.45) is 0 Å². The van der Waals surface area contributed by atoms with Gasteiger partial charge in [-0.15, -0.1) is 0 Å². The number of halogens is 3. The zero-order valence-corrected chi connectivity index (χ0v) is 16.0. The fourth-order valence-corrected chi connectivity index (χ4v) is 4.03. The number of hydrogen-bond donors (Lipinski definition) is 0. The van der Waals surface area contributed by atoms with Crippen LogP contribution in [-0.4, -0.2) is 34.8 Å². The summed E-state index contributed by atoms with van der Waals surface area (Å²) in [4.78, 5) is 14.3. The van der Waals surface area contributed by atoms with Gasteiger partial charge < -0.3 is 14.4 Å². The van der Waals surface area contributed by atoms with Gasteiger partial charge >= 0.3 is 6.09 Å². The number of rotatable bonds is 3. The summed E-state index contributed by atoms with van der Waals surface area (Å²) in [6.07, 6.45) is 2.37. The normalized spacial score (nSPS) is 25.3. The second-order valence-corrected chi connectivity index (χ2v) is 8.41. The zero-order valence-electron chi connectivity index (χ0n) is 15.2. The lowest BCUT2D eigenvalue weighted by Gasteiger charge is -2.39. The molecule has 3 atom stereocenters. The molecule has 1 aromatic carbocycles. The van der Waals surface area contributed by atoms with E-state index in [1.807, 2.05) is 20.8 Å². The first kappa shape index (κ1) is 19.2. The van der Waals surface area contributed by atoms with Crippen molar-refractivity contribution < 1.29 is 23.0 Å². The van der Waals surface area contributed by atoms with E-state index in [1.165, 1.54) is 12.1 Å². The molecule has 144 valence electrons. The van der Waals surface area contributed by atoms with Crippen molar-refractivity contribution >= 4 is 17.7 Å². The Labute approximate surface area is 157 Å². The number of hydrogen-bond acceptors (Lipinski definition) is 3. The molecule has 4 nitrogen and oxygen atoms in total. The predicted molar refractivity (Wildman–Crippen MR) is 94.8 cm³/mol. The van der Waals surface area contributed by atoms with Gasteiger partial charge in [0.05, 0.1) is 5.02 Å². The topological polar surface area (TPSA) is 38.8 Å². The molecular formula is C19H24ClF2NO3. The Morgan fingerprint density at radius 2 is 1.88 bits per heavy atom. The highest BCUT2D eigenvalue weighted by Gasteiger charge is 2.45. The van der Waals surface area contributed by atoms with Crippen molar-refractivity contribution in [1.29, 1.82) is 0 Å². The molecule has 0 radical (unpaired) electrons. The number of carbonyl (C=O) groups is 1. The van der Waals surface area contributed by atoms with Crippen LogP contribution in [-0.2, 0) is 11.4 Å². The average Bonchev–Trinajstić information content (AvgIpc) is 2.81. The molecule has 0 spiro atoms. The van der Waals surface area contributed by atoms with E-state index in [-0.39, 0.29) is 40.6 Å². The number of ether oxygens (including phenoxy) is 2. The Balaban J connectivity index is 1.70. The van der Waals surface area contributed by atoms with Crippen molar-refractivity contribution in [3.63, 3.8) is 0 Å². The molecule has 0 aliphatic carbocycles. The van der Waals surface area contributed by atoms with Crippen LogP contribution in [0.4, 0.5) is 13.6 Å². The maximum absolute atomic E-state index is 14.2. The van der Waals surface area contributed by atoms with Crippen molar-refractivity contribution in [2.75, 3.05) is 0 Å². The van der Waals surface area contributed by atoms with Crippen LogP contribution in [0.15, 0.2) is 12.1 Å². The quantitative estimate of drug-likeness (QED) is 0.710. The molecule has 7 heteroatoms. The van der Waals surface area contributed by atoms with Crippen LogP contribution in [0.1, 0.15) is 52.0 Å². The number of carbonyl (C=O) groups excluding carboxylic acids is 1. The minimum absolute atomic E-state index is 0.0106. The predicted octanol–water partition coefficient (Wildman–Crippen LogP) is 5.26. The van der Waals surface area contributed by atoms with E-state index in [9.17, 15) is 13.6 Å². The minimum atomic E-state index is -0.737. The van der Waals surface area contributed by atoms with Gasteiger partial charge in [-0.05, 0) is 51.3 Å². The average molecular weight is 388 g/mol. The van der Waals surface area contributed by atoms with Gasteiger partial charge in [-0.2, -0.15) is 0 Å². The Morgan fingerprint density at radius 3 is 2.42 bits per heavy atom.